The third kappa shape index (κ3) is 5.53. The van der Waals surface area contributed by atoms with Crippen molar-refractivity contribution in [3.05, 3.63) is 0 Å². The van der Waals surface area contributed by atoms with Gasteiger partial charge in [-0.3, -0.25) is 9.59 Å². The van der Waals surface area contributed by atoms with E-state index in [-0.39, 0.29) is 17.7 Å². The highest BCUT2D eigenvalue weighted by molar-refractivity contribution is 5.81. The lowest BCUT2D eigenvalue weighted by atomic mass is 10.1. The maximum absolute atomic E-state index is 11.3. The van der Waals surface area contributed by atoms with E-state index in [9.17, 15) is 9.59 Å². The molecule has 0 saturated heterocycles. The molecule has 0 heterocycles. The number of nitrogens with two attached hydrogens (primary N) is 1. The molecule has 0 aliphatic rings. The lowest BCUT2D eigenvalue weighted by Gasteiger charge is -2.15. The largest absolute Gasteiger partial charge is 0.355 e. The van der Waals surface area contributed by atoms with Gasteiger partial charge in [0.05, 0.1) is 6.04 Å². The second-order valence-corrected chi connectivity index (χ2v) is 3.54. The van der Waals surface area contributed by atoms with Crippen molar-refractivity contribution in [1.82, 2.24) is 10.6 Å². The minimum atomic E-state index is -0.479. The Kier molecular flexibility index (Phi) is 5.87. The van der Waals surface area contributed by atoms with E-state index in [0.717, 1.165) is 0 Å². The molecule has 0 saturated carbocycles. The Morgan fingerprint density at radius 3 is 2.14 bits per heavy atom. The topological polar surface area (TPSA) is 84.2 Å². The summed E-state index contributed by atoms with van der Waals surface area (Å²) in [7, 11) is 0. The summed E-state index contributed by atoms with van der Waals surface area (Å²) in [6.07, 6.45) is 0. The fourth-order valence-electron chi connectivity index (χ4n) is 0.845. The van der Waals surface area contributed by atoms with Crippen LogP contribution in [0.15, 0.2) is 0 Å². The van der Waals surface area contributed by atoms with Gasteiger partial charge in [-0.25, -0.2) is 0 Å². The van der Waals surface area contributed by atoms with Crippen molar-refractivity contribution in [2.75, 3.05) is 13.1 Å². The van der Waals surface area contributed by atoms with Gasteiger partial charge >= 0.3 is 0 Å². The SMILES string of the molecule is CC(=O)NCCNC(=O)[C@H](N)C(C)C. The third-order valence-corrected chi connectivity index (χ3v) is 1.82. The van der Waals surface area contributed by atoms with E-state index >= 15 is 0 Å². The van der Waals surface area contributed by atoms with Crippen LogP contribution in [0.25, 0.3) is 0 Å². The lowest BCUT2D eigenvalue weighted by Crippen LogP contribution is -2.45. The van der Waals surface area contributed by atoms with Gasteiger partial charge in [0.1, 0.15) is 0 Å². The Bertz CT molecular complexity index is 204. The first-order valence-electron chi connectivity index (χ1n) is 4.73. The minimum Gasteiger partial charge on any atom is -0.355 e. The Hall–Kier alpha value is -1.10. The van der Waals surface area contributed by atoms with Gasteiger partial charge in [-0.05, 0) is 5.92 Å². The highest BCUT2D eigenvalue weighted by atomic mass is 16.2. The van der Waals surface area contributed by atoms with Crippen molar-refractivity contribution in [3.8, 4) is 0 Å². The van der Waals surface area contributed by atoms with Crippen LogP contribution in [0.1, 0.15) is 20.8 Å². The van der Waals surface area contributed by atoms with Crippen molar-refractivity contribution in [3.63, 3.8) is 0 Å². The molecule has 0 aliphatic heterocycles. The molecule has 0 fully saturated rings. The first kappa shape index (κ1) is 12.9. The molecule has 5 nitrogen and oxygen atoms in total. The predicted octanol–water partition coefficient (Wildman–Crippen LogP) is -0.778. The standard InChI is InChI=1S/C9H19N3O2/c1-6(2)8(10)9(14)12-5-4-11-7(3)13/h6,8H,4-5,10H2,1-3H3,(H,11,13)(H,12,14)/t8-/m1/s1. The average Bonchev–Trinajstić information content (AvgIpc) is 2.10. The Morgan fingerprint density at radius 2 is 1.71 bits per heavy atom. The van der Waals surface area contributed by atoms with Crippen molar-refractivity contribution in [2.45, 2.75) is 26.8 Å². The highest BCUT2D eigenvalue weighted by Crippen LogP contribution is 1.96. The molecule has 0 radical (unpaired) electrons. The van der Waals surface area contributed by atoms with E-state index in [1.807, 2.05) is 13.8 Å². The van der Waals surface area contributed by atoms with Gasteiger partial charge in [0.2, 0.25) is 11.8 Å². The molecule has 0 aromatic heterocycles. The van der Waals surface area contributed by atoms with Gasteiger partial charge in [-0.1, -0.05) is 13.8 Å². The molecule has 0 aromatic rings. The smallest absolute Gasteiger partial charge is 0.237 e. The van der Waals surface area contributed by atoms with Crippen molar-refractivity contribution >= 4 is 11.8 Å². The number of amides is 2. The predicted molar refractivity (Wildman–Crippen MR) is 54.5 cm³/mol. The average molecular weight is 201 g/mol. The van der Waals surface area contributed by atoms with E-state index in [2.05, 4.69) is 10.6 Å². The van der Waals surface area contributed by atoms with Crippen LogP contribution in [0.4, 0.5) is 0 Å². The molecule has 0 bridgehead atoms. The van der Waals surface area contributed by atoms with Gasteiger partial charge in [-0.2, -0.15) is 0 Å². The van der Waals surface area contributed by atoms with E-state index in [1.165, 1.54) is 6.92 Å². The molecule has 0 rings (SSSR count). The van der Waals surface area contributed by atoms with Crippen LogP contribution in [0.2, 0.25) is 0 Å². The molecule has 0 aliphatic carbocycles. The molecule has 82 valence electrons. The van der Waals surface area contributed by atoms with E-state index in [1.54, 1.807) is 0 Å². The molecule has 4 N–H and O–H groups in total. The maximum Gasteiger partial charge on any atom is 0.237 e. The summed E-state index contributed by atoms with van der Waals surface area (Å²) in [5, 5.41) is 5.22. The molecule has 0 spiro atoms. The quantitative estimate of drug-likeness (QED) is 0.510. The van der Waals surface area contributed by atoms with Crippen LogP contribution < -0.4 is 16.4 Å². The Balaban J connectivity index is 3.59. The third-order valence-electron chi connectivity index (χ3n) is 1.82. The van der Waals surface area contributed by atoms with Crippen molar-refractivity contribution in [1.29, 1.82) is 0 Å². The second-order valence-electron chi connectivity index (χ2n) is 3.54. The van der Waals surface area contributed by atoms with Gasteiger partial charge in [0.15, 0.2) is 0 Å². The molecular weight excluding hydrogens is 182 g/mol. The van der Waals surface area contributed by atoms with Crippen LogP contribution in [-0.2, 0) is 9.59 Å². The Morgan fingerprint density at radius 1 is 1.21 bits per heavy atom. The van der Waals surface area contributed by atoms with Crippen LogP contribution in [0.3, 0.4) is 0 Å². The van der Waals surface area contributed by atoms with Crippen LogP contribution in [0.5, 0.6) is 0 Å². The zero-order valence-corrected chi connectivity index (χ0v) is 8.96. The molecular formula is C9H19N3O2. The molecule has 2 amide bonds. The maximum atomic E-state index is 11.3. The summed E-state index contributed by atoms with van der Waals surface area (Å²) in [5.74, 6) is -0.159. The number of carbonyl (C=O) groups excluding carboxylic acids is 2. The fourth-order valence-corrected chi connectivity index (χ4v) is 0.845. The Labute approximate surface area is 84.4 Å². The van der Waals surface area contributed by atoms with E-state index in [0.29, 0.717) is 13.1 Å². The van der Waals surface area contributed by atoms with E-state index < -0.39 is 6.04 Å². The number of hydrogen-bond acceptors (Lipinski definition) is 3. The zero-order chi connectivity index (χ0) is 11.1. The summed E-state index contributed by atoms with van der Waals surface area (Å²) >= 11 is 0. The fraction of sp³-hybridized carbons (Fsp3) is 0.778. The van der Waals surface area contributed by atoms with Crippen LogP contribution in [-0.4, -0.2) is 30.9 Å². The van der Waals surface area contributed by atoms with Gasteiger partial charge in [0.25, 0.3) is 0 Å². The van der Waals surface area contributed by atoms with Gasteiger partial charge in [0, 0.05) is 20.0 Å². The molecule has 0 unspecified atom stereocenters. The van der Waals surface area contributed by atoms with Crippen molar-refractivity contribution < 1.29 is 9.59 Å². The number of hydrogen-bond donors (Lipinski definition) is 3. The summed E-state index contributed by atoms with van der Waals surface area (Å²) in [6.45, 7) is 6.06. The number of carbonyl (C=O) groups is 2. The molecule has 0 aromatic carbocycles. The molecule has 1 atom stereocenters. The molecule has 14 heavy (non-hydrogen) atoms. The van der Waals surface area contributed by atoms with Crippen LogP contribution >= 0.6 is 0 Å². The second kappa shape index (κ2) is 6.37. The zero-order valence-electron chi connectivity index (χ0n) is 8.96. The number of nitrogens with one attached hydrogen (secondary N) is 2. The summed E-state index contributed by atoms with van der Waals surface area (Å²) in [4.78, 5) is 21.8. The van der Waals surface area contributed by atoms with Gasteiger partial charge < -0.3 is 16.4 Å². The minimum absolute atomic E-state index is 0.104. The first-order valence-corrected chi connectivity index (χ1v) is 4.73. The highest BCUT2D eigenvalue weighted by Gasteiger charge is 2.15. The lowest BCUT2D eigenvalue weighted by molar-refractivity contribution is -0.123. The van der Waals surface area contributed by atoms with Gasteiger partial charge in [-0.15, -0.1) is 0 Å². The summed E-state index contributed by atoms with van der Waals surface area (Å²) in [6, 6.07) is -0.479. The normalized spacial score (nSPS) is 12.4. The monoisotopic (exact) mass is 201 g/mol. The van der Waals surface area contributed by atoms with E-state index in [4.69, 9.17) is 5.73 Å². The van der Waals surface area contributed by atoms with Crippen molar-refractivity contribution in [2.24, 2.45) is 11.7 Å². The number of rotatable bonds is 5. The van der Waals surface area contributed by atoms with Crippen LogP contribution in [0, 0.1) is 5.92 Å². The summed E-state index contributed by atoms with van der Waals surface area (Å²) in [5.41, 5.74) is 5.60. The summed E-state index contributed by atoms with van der Waals surface area (Å²) < 4.78 is 0. The first-order chi connectivity index (χ1) is 6.45. The molecule has 5 heteroatoms.